The van der Waals surface area contributed by atoms with Gasteiger partial charge in [0, 0.05) is 13.1 Å². The number of piperidine rings is 1. The molecule has 0 spiro atoms. The summed E-state index contributed by atoms with van der Waals surface area (Å²) in [6.07, 6.45) is 2.09. The molecule has 2 rings (SSSR count). The van der Waals surface area contributed by atoms with Gasteiger partial charge in [0.05, 0.1) is 17.9 Å². The molecule has 0 saturated carbocycles. The summed E-state index contributed by atoms with van der Waals surface area (Å²) in [4.78, 5) is 14.0. The fourth-order valence-corrected chi connectivity index (χ4v) is 4.03. The van der Waals surface area contributed by atoms with Gasteiger partial charge in [0.2, 0.25) is 15.9 Å². The van der Waals surface area contributed by atoms with Crippen LogP contribution in [0.1, 0.15) is 31.2 Å². The van der Waals surface area contributed by atoms with E-state index in [0.717, 1.165) is 12.8 Å². The van der Waals surface area contributed by atoms with E-state index in [0.29, 0.717) is 30.4 Å². The Morgan fingerprint density at radius 1 is 1.48 bits per heavy atom. The summed E-state index contributed by atoms with van der Waals surface area (Å²) in [7, 11) is -3.72. The molecule has 1 saturated heterocycles. The van der Waals surface area contributed by atoms with Gasteiger partial charge < -0.3 is 4.90 Å². The van der Waals surface area contributed by atoms with Crippen molar-refractivity contribution in [2.24, 2.45) is 5.92 Å². The van der Waals surface area contributed by atoms with E-state index in [9.17, 15) is 13.2 Å². The number of hydrogen-bond acceptors (Lipinski definition) is 4. The molecule has 0 aliphatic carbocycles. The molecule has 7 nitrogen and oxygen atoms in total. The number of aromatic amines is 1. The Morgan fingerprint density at radius 3 is 2.76 bits per heavy atom. The van der Waals surface area contributed by atoms with Crippen molar-refractivity contribution in [3.63, 3.8) is 0 Å². The first kappa shape index (κ1) is 16.0. The van der Waals surface area contributed by atoms with Crippen molar-refractivity contribution in [2.45, 2.75) is 38.5 Å². The smallest absolute Gasteiger partial charge is 0.244 e. The Labute approximate surface area is 125 Å². The van der Waals surface area contributed by atoms with Crippen LogP contribution >= 0.6 is 0 Å². The molecule has 2 heterocycles. The van der Waals surface area contributed by atoms with Crippen LogP contribution in [0, 0.1) is 19.8 Å². The second-order valence-electron chi connectivity index (χ2n) is 5.67. The van der Waals surface area contributed by atoms with E-state index in [2.05, 4.69) is 21.8 Å². The summed E-state index contributed by atoms with van der Waals surface area (Å²) in [5, 5.41) is 6.51. The van der Waals surface area contributed by atoms with E-state index in [1.54, 1.807) is 18.7 Å². The first-order valence-electron chi connectivity index (χ1n) is 7.10. The summed E-state index contributed by atoms with van der Waals surface area (Å²) in [6.45, 7) is 6.55. The summed E-state index contributed by atoms with van der Waals surface area (Å²) < 4.78 is 26.9. The van der Waals surface area contributed by atoms with Crippen LogP contribution in [0.25, 0.3) is 0 Å². The molecular formula is C13H22N4O3S. The molecule has 1 amide bonds. The van der Waals surface area contributed by atoms with Gasteiger partial charge in [0.25, 0.3) is 0 Å². The zero-order valence-electron chi connectivity index (χ0n) is 12.6. The minimum atomic E-state index is -3.72. The fraction of sp³-hybridized carbons (Fsp3) is 0.692. The van der Waals surface area contributed by atoms with Crippen LogP contribution in [0.3, 0.4) is 0 Å². The lowest BCUT2D eigenvalue weighted by Gasteiger charge is -2.31. The van der Waals surface area contributed by atoms with E-state index in [1.165, 1.54) is 0 Å². The molecule has 0 radical (unpaired) electrons. The number of amides is 1. The summed E-state index contributed by atoms with van der Waals surface area (Å²) in [5.74, 6) is 0.293. The number of carbonyl (C=O) groups is 1. The van der Waals surface area contributed by atoms with Gasteiger partial charge in [0.1, 0.15) is 4.90 Å². The minimum absolute atomic E-state index is 0.127. The number of sulfonamides is 1. The van der Waals surface area contributed by atoms with Crippen molar-refractivity contribution >= 4 is 15.9 Å². The van der Waals surface area contributed by atoms with Crippen molar-refractivity contribution in [2.75, 3.05) is 19.6 Å². The topological polar surface area (TPSA) is 95.2 Å². The van der Waals surface area contributed by atoms with Gasteiger partial charge in [0.15, 0.2) is 0 Å². The quantitative estimate of drug-likeness (QED) is 0.849. The van der Waals surface area contributed by atoms with E-state index in [-0.39, 0.29) is 17.3 Å². The van der Waals surface area contributed by atoms with Crippen molar-refractivity contribution in [1.82, 2.24) is 19.8 Å². The number of carbonyl (C=O) groups excluding carboxylic acids is 1. The minimum Gasteiger partial charge on any atom is -0.341 e. The Kier molecular flexibility index (Phi) is 4.67. The van der Waals surface area contributed by atoms with Crippen LogP contribution in [-0.2, 0) is 14.8 Å². The third-order valence-corrected chi connectivity index (χ3v) is 5.42. The van der Waals surface area contributed by atoms with E-state index in [1.807, 2.05) is 0 Å². The molecular weight excluding hydrogens is 292 g/mol. The van der Waals surface area contributed by atoms with Gasteiger partial charge in [-0.25, -0.2) is 13.1 Å². The fourth-order valence-electron chi connectivity index (χ4n) is 2.69. The van der Waals surface area contributed by atoms with E-state index in [4.69, 9.17) is 0 Å². The molecule has 1 aliphatic heterocycles. The summed E-state index contributed by atoms with van der Waals surface area (Å²) in [5.41, 5.74) is 0.873. The lowest BCUT2D eigenvalue weighted by Crippen LogP contribution is -2.44. The first-order valence-corrected chi connectivity index (χ1v) is 8.58. The lowest BCUT2D eigenvalue weighted by atomic mass is 10.0. The number of likely N-dealkylation sites (tertiary alicyclic amines) is 1. The molecule has 1 fully saturated rings. The highest BCUT2D eigenvalue weighted by Gasteiger charge is 2.25. The normalized spacial score (nSPS) is 19.8. The average molecular weight is 314 g/mol. The van der Waals surface area contributed by atoms with Crippen molar-refractivity contribution in [3.05, 3.63) is 11.4 Å². The number of H-pyrrole nitrogens is 1. The number of hydrogen-bond donors (Lipinski definition) is 2. The van der Waals surface area contributed by atoms with Gasteiger partial charge in [-0.2, -0.15) is 5.10 Å². The molecule has 8 heteroatoms. The van der Waals surface area contributed by atoms with Gasteiger partial charge >= 0.3 is 0 Å². The number of rotatable bonds is 4. The maximum absolute atomic E-state index is 12.2. The molecule has 0 aromatic carbocycles. The number of aromatic nitrogens is 2. The monoisotopic (exact) mass is 314 g/mol. The Hall–Kier alpha value is -1.41. The largest absolute Gasteiger partial charge is 0.341 e. The zero-order chi connectivity index (χ0) is 15.6. The van der Waals surface area contributed by atoms with Gasteiger partial charge in [-0.3, -0.25) is 9.89 Å². The van der Waals surface area contributed by atoms with Gasteiger partial charge in [-0.05, 0) is 32.6 Å². The second kappa shape index (κ2) is 6.15. The number of aryl methyl sites for hydroxylation is 2. The Balaban J connectivity index is 2.00. The summed E-state index contributed by atoms with van der Waals surface area (Å²) >= 11 is 0. The summed E-state index contributed by atoms with van der Waals surface area (Å²) in [6, 6.07) is 0. The lowest BCUT2D eigenvalue weighted by molar-refractivity contribution is -0.131. The van der Waals surface area contributed by atoms with Crippen LogP contribution in [0.5, 0.6) is 0 Å². The predicted molar refractivity (Wildman–Crippen MR) is 78.2 cm³/mol. The van der Waals surface area contributed by atoms with Gasteiger partial charge in [-0.1, -0.05) is 6.92 Å². The van der Waals surface area contributed by atoms with Crippen LogP contribution < -0.4 is 4.72 Å². The average Bonchev–Trinajstić information content (AvgIpc) is 2.76. The third kappa shape index (κ3) is 3.62. The van der Waals surface area contributed by atoms with Crippen LogP contribution in [0.4, 0.5) is 0 Å². The highest BCUT2D eigenvalue weighted by molar-refractivity contribution is 7.89. The molecule has 1 unspecified atom stereocenters. The molecule has 1 atom stereocenters. The zero-order valence-corrected chi connectivity index (χ0v) is 13.5. The highest BCUT2D eigenvalue weighted by Crippen LogP contribution is 2.17. The molecule has 0 bridgehead atoms. The van der Waals surface area contributed by atoms with Crippen LogP contribution in [-0.4, -0.2) is 49.1 Å². The molecule has 118 valence electrons. The molecule has 1 aromatic rings. The third-order valence-electron chi connectivity index (χ3n) is 3.75. The number of nitrogens with one attached hydrogen (secondary N) is 2. The van der Waals surface area contributed by atoms with E-state index >= 15 is 0 Å². The molecule has 21 heavy (non-hydrogen) atoms. The standard InChI is InChI=1S/C13H22N4O3S/c1-9-5-4-6-17(8-9)12(18)7-14-21(19,20)13-10(2)15-16-11(13)3/h9,14H,4-8H2,1-3H3,(H,15,16). The molecule has 2 N–H and O–H groups in total. The second-order valence-corrected chi connectivity index (χ2v) is 7.38. The number of nitrogens with zero attached hydrogens (tertiary/aromatic N) is 2. The first-order chi connectivity index (χ1) is 9.81. The predicted octanol–water partition coefficient (Wildman–Crippen LogP) is 0.563. The van der Waals surface area contributed by atoms with Crippen molar-refractivity contribution < 1.29 is 13.2 Å². The SMILES string of the molecule is Cc1n[nH]c(C)c1S(=O)(=O)NCC(=O)N1CCCC(C)C1. The molecule has 1 aliphatic rings. The van der Waals surface area contributed by atoms with Crippen LogP contribution in [0.15, 0.2) is 4.90 Å². The van der Waals surface area contributed by atoms with Crippen LogP contribution in [0.2, 0.25) is 0 Å². The highest BCUT2D eigenvalue weighted by atomic mass is 32.2. The maximum Gasteiger partial charge on any atom is 0.244 e. The molecule has 1 aromatic heterocycles. The Morgan fingerprint density at radius 2 is 2.19 bits per heavy atom. The van der Waals surface area contributed by atoms with Crippen molar-refractivity contribution in [1.29, 1.82) is 0 Å². The van der Waals surface area contributed by atoms with E-state index < -0.39 is 10.0 Å². The van der Waals surface area contributed by atoms with Gasteiger partial charge in [-0.15, -0.1) is 0 Å². The van der Waals surface area contributed by atoms with Crippen molar-refractivity contribution in [3.8, 4) is 0 Å². The maximum atomic E-state index is 12.2. The Bertz CT molecular complexity index is 604.